The number of nitrogens with one attached hydrogen (secondary N) is 1. The van der Waals surface area contributed by atoms with Crippen LogP contribution in [0.3, 0.4) is 0 Å². The highest BCUT2D eigenvalue weighted by molar-refractivity contribution is 5.96. The molecule has 1 N–H and O–H groups in total. The Labute approximate surface area is 111 Å². The van der Waals surface area contributed by atoms with Crippen molar-refractivity contribution in [2.75, 3.05) is 0 Å². The molecule has 19 heavy (non-hydrogen) atoms. The van der Waals surface area contributed by atoms with E-state index in [9.17, 15) is 9.59 Å². The van der Waals surface area contributed by atoms with E-state index in [1.807, 2.05) is 30.3 Å². The molecule has 2 rings (SSSR count). The number of benzene rings is 1. The van der Waals surface area contributed by atoms with Gasteiger partial charge >= 0.3 is 0 Å². The SMILES string of the molecule is CCC(=O)c1[nH]ccc(=O)c1OCc1ccccc1. The quantitative estimate of drug-likeness (QED) is 0.837. The number of carbonyl (C=O) groups excluding carboxylic acids is 1. The molecule has 0 unspecified atom stereocenters. The molecule has 4 heteroatoms. The predicted octanol–water partition coefficient (Wildman–Crippen LogP) is 2.55. The van der Waals surface area contributed by atoms with Crippen LogP contribution in [0.5, 0.6) is 5.75 Å². The fraction of sp³-hybridized carbons (Fsp3) is 0.200. The monoisotopic (exact) mass is 257 g/mol. The molecule has 98 valence electrons. The third kappa shape index (κ3) is 3.10. The molecule has 1 heterocycles. The average molecular weight is 257 g/mol. The lowest BCUT2D eigenvalue weighted by atomic mass is 10.2. The smallest absolute Gasteiger partial charge is 0.224 e. The Hall–Kier alpha value is -2.36. The van der Waals surface area contributed by atoms with Crippen LogP contribution in [0.4, 0.5) is 0 Å². The van der Waals surface area contributed by atoms with Gasteiger partial charge in [-0.25, -0.2) is 0 Å². The fourth-order valence-electron chi connectivity index (χ4n) is 1.72. The van der Waals surface area contributed by atoms with Crippen molar-refractivity contribution in [3.05, 3.63) is 64.1 Å². The summed E-state index contributed by atoms with van der Waals surface area (Å²) in [4.78, 5) is 26.3. The van der Waals surface area contributed by atoms with Crippen molar-refractivity contribution in [2.45, 2.75) is 20.0 Å². The number of ketones is 1. The number of H-pyrrole nitrogens is 1. The number of hydrogen-bond donors (Lipinski definition) is 1. The van der Waals surface area contributed by atoms with Crippen molar-refractivity contribution in [3.63, 3.8) is 0 Å². The van der Waals surface area contributed by atoms with Gasteiger partial charge in [0.1, 0.15) is 12.3 Å². The Morgan fingerprint density at radius 2 is 1.95 bits per heavy atom. The van der Waals surface area contributed by atoms with E-state index in [2.05, 4.69) is 4.98 Å². The summed E-state index contributed by atoms with van der Waals surface area (Å²) < 4.78 is 5.51. The van der Waals surface area contributed by atoms with Crippen molar-refractivity contribution < 1.29 is 9.53 Å². The van der Waals surface area contributed by atoms with Crippen LogP contribution < -0.4 is 10.2 Å². The first-order valence-corrected chi connectivity index (χ1v) is 6.14. The zero-order valence-corrected chi connectivity index (χ0v) is 10.7. The summed E-state index contributed by atoms with van der Waals surface area (Å²) in [5.74, 6) is -0.0426. The van der Waals surface area contributed by atoms with Crippen LogP contribution in [0, 0.1) is 0 Å². The van der Waals surface area contributed by atoms with E-state index >= 15 is 0 Å². The van der Waals surface area contributed by atoms with Gasteiger partial charge in [-0.3, -0.25) is 9.59 Å². The number of Topliss-reactive ketones (excluding diaryl/α,β-unsaturated/α-hetero) is 1. The number of ether oxygens (including phenoxy) is 1. The van der Waals surface area contributed by atoms with Gasteiger partial charge in [0.15, 0.2) is 11.5 Å². The van der Waals surface area contributed by atoms with Crippen LogP contribution in [0.2, 0.25) is 0 Å². The van der Waals surface area contributed by atoms with E-state index in [4.69, 9.17) is 4.74 Å². The number of aromatic amines is 1. The lowest BCUT2D eigenvalue weighted by molar-refractivity contribution is 0.0978. The van der Waals surface area contributed by atoms with E-state index < -0.39 is 0 Å². The third-order valence-electron chi connectivity index (χ3n) is 2.74. The summed E-state index contributed by atoms with van der Waals surface area (Å²) in [7, 11) is 0. The largest absolute Gasteiger partial charge is 0.483 e. The maximum Gasteiger partial charge on any atom is 0.224 e. The Morgan fingerprint density at radius 1 is 1.21 bits per heavy atom. The molecule has 0 amide bonds. The topological polar surface area (TPSA) is 59.2 Å². The molecule has 0 fully saturated rings. The van der Waals surface area contributed by atoms with Gasteiger partial charge in [-0.05, 0) is 5.56 Å². The van der Waals surface area contributed by atoms with E-state index in [-0.39, 0.29) is 29.3 Å². The lowest BCUT2D eigenvalue weighted by Crippen LogP contribution is -2.14. The number of carbonyl (C=O) groups is 1. The standard InChI is InChI=1S/C15H15NO3/c1-2-12(17)14-15(13(18)8-9-16-14)19-10-11-6-4-3-5-7-11/h3-9H,2,10H2,1H3,(H,16,18). The summed E-state index contributed by atoms with van der Waals surface area (Å²) >= 11 is 0. The zero-order valence-electron chi connectivity index (χ0n) is 10.7. The van der Waals surface area contributed by atoms with Crippen LogP contribution in [-0.2, 0) is 6.61 Å². The molecule has 0 aliphatic carbocycles. The second kappa shape index (κ2) is 6.00. The molecule has 0 aliphatic heterocycles. The van der Waals surface area contributed by atoms with Crippen molar-refractivity contribution in [2.24, 2.45) is 0 Å². The molecule has 0 atom stereocenters. The Balaban J connectivity index is 2.24. The molecule has 0 saturated carbocycles. The number of hydrogen-bond acceptors (Lipinski definition) is 3. The van der Waals surface area contributed by atoms with Crippen LogP contribution >= 0.6 is 0 Å². The third-order valence-corrected chi connectivity index (χ3v) is 2.74. The minimum atomic E-state index is -0.286. The molecule has 1 aromatic heterocycles. The fourth-order valence-corrected chi connectivity index (χ4v) is 1.72. The van der Waals surface area contributed by atoms with Gasteiger partial charge in [0.2, 0.25) is 5.43 Å². The maximum absolute atomic E-state index is 11.8. The van der Waals surface area contributed by atoms with Crippen molar-refractivity contribution in [1.82, 2.24) is 4.98 Å². The highest BCUT2D eigenvalue weighted by Gasteiger charge is 2.14. The second-order valence-electron chi connectivity index (χ2n) is 4.10. The van der Waals surface area contributed by atoms with Gasteiger partial charge in [0.05, 0.1) is 0 Å². The summed E-state index contributed by atoms with van der Waals surface area (Å²) in [6.07, 6.45) is 1.78. The predicted molar refractivity (Wildman–Crippen MR) is 72.5 cm³/mol. The minimum Gasteiger partial charge on any atom is -0.483 e. The van der Waals surface area contributed by atoms with E-state index in [1.165, 1.54) is 12.3 Å². The first kappa shape index (κ1) is 13.1. The molecule has 0 saturated heterocycles. The van der Waals surface area contributed by atoms with Crippen LogP contribution in [-0.4, -0.2) is 10.8 Å². The lowest BCUT2D eigenvalue weighted by Gasteiger charge is -2.09. The summed E-state index contributed by atoms with van der Waals surface area (Å²) in [5, 5.41) is 0. The highest BCUT2D eigenvalue weighted by atomic mass is 16.5. The molecule has 2 aromatic rings. The molecule has 4 nitrogen and oxygen atoms in total. The Bertz CT molecular complexity index is 617. The normalized spacial score (nSPS) is 10.2. The summed E-state index contributed by atoms with van der Waals surface area (Å²) in [6.45, 7) is 2.01. The first-order chi connectivity index (χ1) is 9.22. The average Bonchev–Trinajstić information content (AvgIpc) is 2.46. The van der Waals surface area contributed by atoms with Crippen molar-refractivity contribution in [1.29, 1.82) is 0 Å². The molecular weight excluding hydrogens is 242 g/mol. The second-order valence-corrected chi connectivity index (χ2v) is 4.10. The molecule has 0 radical (unpaired) electrons. The van der Waals surface area contributed by atoms with Crippen LogP contribution in [0.25, 0.3) is 0 Å². The minimum absolute atomic E-state index is 0.0956. The Morgan fingerprint density at radius 3 is 2.63 bits per heavy atom. The maximum atomic E-state index is 11.8. The van der Waals surface area contributed by atoms with Gasteiger partial charge in [0.25, 0.3) is 0 Å². The van der Waals surface area contributed by atoms with Crippen molar-refractivity contribution in [3.8, 4) is 5.75 Å². The first-order valence-electron chi connectivity index (χ1n) is 6.14. The molecule has 1 aromatic carbocycles. The van der Waals surface area contributed by atoms with E-state index in [1.54, 1.807) is 6.92 Å². The van der Waals surface area contributed by atoms with Crippen LogP contribution in [0.1, 0.15) is 29.4 Å². The Kier molecular flexibility index (Phi) is 4.13. The molecular formula is C15H15NO3. The van der Waals surface area contributed by atoms with Gasteiger partial charge in [-0.15, -0.1) is 0 Å². The number of aromatic nitrogens is 1. The number of rotatable bonds is 5. The zero-order chi connectivity index (χ0) is 13.7. The van der Waals surface area contributed by atoms with Gasteiger partial charge in [0, 0.05) is 18.7 Å². The summed E-state index contributed by atoms with van der Waals surface area (Å²) in [5.41, 5.74) is 0.901. The number of pyridine rings is 1. The van der Waals surface area contributed by atoms with E-state index in [0.29, 0.717) is 6.42 Å². The van der Waals surface area contributed by atoms with Crippen LogP contribution in [0.15, 0.2) is 47.4 Å². The van der Waals surface area contributed by atoms with E-state index in [0.717, 1.165) is 5.56 Å². The summed E-state index contributed by atoms with van der Waals surface area (Å²) in [6, 6.07) is 10.9. The van der Waals surface area contributed by atoms with Gasteiger partial charge in [-0.2, -0.15) is 0 Å². The van der Waals surface area contributed by atoms with Crippen molar-refractivity contribution >= 4 is 5.78 Å². The van der Waals surface area contributed by atoms with Gasteiger partial charge in [-0.1, -0.05) is 37.3 Å². The highest BCUT2D eigenvalue weighted by Crippen LogP contribution is 2.14. The molecule has 0 aliphatic rings. The molecule has 0 bridgehead atoms. The molecule has 0 spiro atoms. The van der Waals surface area contributed by atoms with Gasteiger partial charge < -0.3 is 9.72 Å².